The van der Waals surface area contributed by atoms with Crippen molar-refractivity contribution < 1.29 is 0 Å². The van der Waals surface area contributed by atoms with Gasteiger partial charge in [0.1, 0.15) is 4.47 Å². The summed E-state index contributed by atoms with van der Waals surface area (Å²) in [6, 6.07) is 0. The molecule has 4 heteroatoms. The van der Waals surface area contributed by atoms with E-state index in [9.17, 15) is 4.79 Å². The van der Waals surface area contributed by atoms with Crippen LogP contribution in [0.2, 0.25) is 0 Å². The summed E-state index contributed by atoms with van der Waals surface area (Å²) in [5.74, 6) is 0.597. The molecule has 1 heterocycles. The summed E-state index contributed by atoms with van der Waals surface area (Å²) in [5.41, 5.74) is 1.18. The third-order valence-electron chi connectivity index (χ3n) is 2.36. The summed E-state index contributed by atoms with van der Waals surface area (Å²) >= 11 is 3.35. The van der Waals surface area contributed by atoms with Crippen LogP contribution in [0, 0.1) is 0 Å². The first-order chi connectivity index (χ1) is 6.24. The van der Waals surface area contributed by atoms with Gasteiger partial charge >= 0.3 is 0 Å². The molecule has 0 bridgehead atoms. The zero-order valence-electron chi connectivity index (χ0n) is 7.64. The predicted octanol–water partition coefficient (Wildman–Crippen LogP) is 2.23. The molecule has 72 valence electrons. The lowest BCUT2D eigenvalue weighted by molar-refractivity contribution is 0.578. The summed E-state index contributed by atoms with van der Waals surface area (Å²) < 4.78 is 2.43. The first kappa shape index (κ1) is 9.06. The zero-order chi connectivity index (χ0) is 9.42. The lowest BCUT2D eigenvalue weighted by atomic mass is 10.3. The van der Waals surface area contributed by atoms with Crippen LogP contribution in [0.4, 0.5) is 0 Å². The van der Waals surface area contributed by atoms with Crippen molar-refractivity contribution in [3.8, 4) is 0 Å². The van der Waals surface area contributed by atoms with Crippen LogP contribution in [0.3, 0.4) is 0 Å². The van der Waals surface area contributed by atoms with Crippen molar-refractivity contribution in [2.24, 2.45) is 0 Å². The van der Waals surface area contributed by atoms with E-state index in [1.165, 1.54) is 12.8 Å². The summed E-state index contributed by atoms with van der Waals surface area (Å²) in [7, 11) is 0. The fourth-order valence-electron chi connectivity index (χ4n) is 1.50. The number of rotatable bonds is 3. The van der Waals surface area contributed by atoms with Crippen molar-refractivity contribution >= 4 is 15.9 Å². The largest absolute Gasteiger partial charge is 0.298 e. The Morgan fingerprint density at radius 3 is 2.85 bits per heavy atom. The molecule has 1 aliphatic rings. The van der Waals surface area contributed by atoms with Crippen LogP contribution in [0.1, 0.15) is 37.8 Å². The number of nitrogens with zero attached hydrogens (tertiary/aromatic N) is 1. The first-order valence-corrected chi connectivity index (χ1v) is 5.51. The molecule has 1 aliphatic carbocycles. The maximum absolute atomic E-state index is 11.6. The Bertz CT molecular complexity index is 362. The predicted molar refractivity (Wildman–Crippen MR) is 55.0 cm³/mol. The van der Waals surface area contributed by atoms with Gasteiger partial charge in [-0.3, -0.25) is 14.6 Å². The van der Waals surface area contributed by atoms with Gasteiger partial charge in [-0.15, -0.1) is 0 Å². The van der Waals surface area contributed by atoms with E-state index < -0.39 is 0 Å². The van der Waals surface area contributed by atoms with Gasteiger partial charge in [0.15, 0.2) is 0 Å². The van der Waals surface area contributed by atoms with Crippen LogP contribution in [0.5, 0.6) is 0 Å². The van der Waals surface area contributed by atoms with E-state index in [-0.39, 0.29) is 5.56 Å². The van der Waals surface area contributed by atoms with Gasteiger partial charge in [0, 0.05) is 12.5 Å². The van der Waals surface area contributed by atoms with Crippen LogP contribution < -0.4 is 5.56 Å². The molecule has 0 saturated heterocycles. The number of hydrogen-bond donors (Lipinski definition) is 1. The molecule has 1 aromatic rings. The van der Waals surface area contributed by atoms with E-state index in [0.717, 1.165) is 23.1 Å². The molecule has 0 radical (unpaired) electrons. The van der Waals surface area contributed by atoms with Crippen molar-refractivity contribution in [3.05, 3.63) is 20.5 Å². The zero-order valence-corrected chi connectivity index (χ0v) is 9.23. The normalized spacial score (nSPS) is 16.5. The number of aromatic nitrogens is 2. The molecule has 13 heavy (non-hydrogen) atoms. The van der Waals surface area contributed by atoms with Gasteiger partial charge in [-0.2, -0.15) is 0 Å². The molecule has 0 spiro atoms. The minimum absolute atomic E-state index is 0.0868. The van der Waals surface area contributed by atoms with Crippen LogP contribution in [-0.2, 0) is 6.54 Å². The average molecular weight is 245 g/mol. The number of nitrogens with one attached hydrogen (secondary N) is 1. The lowest BCUT2D eigenvalue weighted by Gasteiger charge is -1.96. The van der Waals surface area contributed by atoms with Crippen molar-refractivity contribution in [1.29, 1.82) is 0 Å². The second kappa shape index (κ2) is 3.33. The van der Waals surface area contributed by atoms with Crippen molar-refractivity contribution in [1.82, 2.24) is 9.78 Å². The number of halogens is 1. The Labute approximate surface area is 85.3 Å². The SMILES string of the molecule is CCCn1[nH]c(C2CC2)c(Br)c1=O. The van der Waals surface area contributed by atoms with Crippen molar-refractivity contribution in [2.75, 3.05) is 0 Å². The van der Waals surface area contributed by atoms with E-state index in [1.807, 2.05) is 0 Å². The van der Waals surface area contributed by atoms with E-state index in [4.69, 9.17) is 0 Å². The second-order valence-electron chi connectivity index (χ2n) is 3.57. The van der Waals surface area contributed by atoms with Crippen LogP contribution in [0.15, 0.2) is 9.27 Å². The van der Waals surface area contributed by atoms with E-state index in [1.54, 1.807) is 4.68 Å². The second-order valence-corrected chi connectivity index (χ2v) is 4.36. The fourth-order valence-corrected chi connectivity index (χ4v) is 2.13. The number of H-pyrrole nitrogens is 1. The smallest absolute Gasteiger partial charge is 0.281 e. The Morgan fingerprint density at radius 2 is 2.31 bits per heavy atom. The van der Waals surface area contributed by atoms with Gasteiger partial charge in [0.05, 0.1) is 5.69 Å². The van der Waals surface area contributed by atoms with E-state index in [0.29, 0.717) is 5.92 Å². The number of aryl methyl sites for hydroxylation is 1. The maximum Gasteiger partial charge on any atom is 0.281 e. The molecule has 0 atom stereocenters. The van der Waals surface area contributed by atoms with Crippen LogP contribution in [-0.4, -0.2) is 9.78 Å². The molecule has 0 aliphatic heterocycles. The molecule has 1 N–H and O–H groups in total. The Kier molecular flexibility index (Phi) is 2.32. The quantitative estimate of drug-likeness (QED) is 0.871. The molecule has 1 saturated carbocycles. The Hall–Kier alpha value is -0.510. The summed E-state index contributed by atoms with van der Waals surface area (Å²) in [6.07, 6.45) is 3.41. The molecule has 0 amide bonds. The topological polar surface area (TPSA) is 37.8 Å². The molecular weight excluding hydrogens is 232 g/mol. The summed E-state index contributed by atoms with van der Waals surface area (Å²) in [5, 5.41) is 3.17. The summed E-state index contributed by atoms with van der Waals surface area (Å²) in [6.45, 7) is 2.85. The number of hydrogen-bond acceptors (Lipinski definition) is 1. The van der Waals surface area contributed by atoms with E-state index >= 15 is 0 Å². The average Bonchev–Trinajstić information content (AvgIpc) is 2.89. The van der Waals surface area contributed by atoms with Gasteiger partial charge in [0.2, 0.25) is 0 Å². The summed E-state index contributed by atoms with van der Waals surface area (Å²) in [4.78, 5) is 11.6. The molecule has 2 rings (SSSR count). The van der Waals surface area contributed by atoms with Gasteiger partial charge < -0.3 is 0 Å². The first-order valence-electron chi connectivity index (χ1n) is 4.72. The Balaban J connectivity index is 2.37. The lowest BCUT2D eigenvalue weighted by Crippen LogP contribution is -2.16. The third-order valence-corrected chi connectivity index (χ3v) is 3.12. The minimum Gasteiger partial charge on any atom is -0.298 e. The molecule has 3 nitrogen and oxygen atoms in total. The van der Waals surface area contributed by atoms with Crippen molar-refractivity contribution in [3.63, 3.8) is 0 Å². The van der Waals surface area contributed by atoms with Gasteiger partial charge in [0.25, 0.3) is 5.56 Å². The van der Waals surface area contributed by atoms with Crippen LogP contribution in [0.25, 0.3) is 0 Å². The Morgan fingerprint density at radius 1 is 1.62 bits per heavy atom. The highest BCUT2D eigenvalue weighted by atomic mass is 79.9. The highest BCUT2D eigenvalue weighted by Gasteiger charge is 2.29. The van der Waals surface area contributed by atoms with Gasteiger partial charge in [-0.05, 0) is 35.2 Å². The highest BCUT2D eigenvalue weighted by molar-refractivity contribution is 9.10. The molecule has 0 aromatic carbocycles. The van der Waals surface area contributed by atoms with Crippen LogP contribution >= 0.6 is 15.9 Å². The number of aromatic amines is 1. The highest BCUT2D eigenvalue weighted by Crippen LogP contribution is 2.41. The van der Waals surface area contributed by atoms with Gasteiger partial charge in [-0.1, -0.05) is 6.92 Å². The standard InChI is InChI=1S/C9H13BrN2O/c1-2-5-12-9(13)7(10)8(11-12)6-3-4-6/h6,11H,2-5H2,1H3. The molecular formula is C9H13BrN2O. The molecule has 0 unspecified atom stereocenters. The van der Waals surface area contributed by atoms with E-state index in [2.05, 4.69) is 28.0 Å². The molecule has 1 fully saturated rings. The third kappa shape index (κ3) is 1.59. The maximum atomic E-state index is 11.6. The molecule has 1 aromatic heterocycles. The van der Waals surface area contributed by atoms with Crippen molar-refractivity contribution in [2.45, 2.75) is 38.6 Å². The monoisotopic (exact) mass is 244 g/mol. The minimum atomic E-state index is 0.0868. The van der Waals surface area contributed by atoms with Gasteiger partial charge in [-0.25, -0.2) is 0 Å². The fraction of sp³-hybridized carbons (Fsp3) is 0.667.